The molecule has 1 fully saturated rings. The van der Waals surface area contributed by atoms with Gasteiger partial charge in [-0.05, 0) is 19.9 Å². The van der Waals surface area contributed by atoms with Gasteiger partial charge in [-0.3, -0.25) is 4.68 Å². The zero-order valence-electron chi connectivity index (χ0n) is 12.1. The molecule has 2 heterocycles. The Morgan fingerprint density at radius 3 is 2.50 bits per heavy atom. The lowest BCUT2D eigenvalue weighted by Crippen LogP contribution is -2.33. The lowest BCUT2D eigenvalue weighted by molar-refractivity contribution is 0.364. The fourth-order valence-electron chi connectivity index (χ4n) is 2.43. The van der Waals surface area contributed by atoms with Gasteiger partial charge in [0.2, 0.25) is 10.0 Å². The molecule has 0 unspecified atom stereocenters. The van der Waals surface area contributed by atoms with Gasteiger partial charge in [0.15, 0.2) is 0 Å². The van der Waals surface area contributed by atoms with Crippen LogP contribution in [-0.4, -0.2) is 49.2 Å². The minimum atomic E-state index is -3.38. The van der Waals surface area contributed by atoms with Gasteiger partial charge in [0.05, 0.1) is 12.7 Å². The van der Waals surface area contributed by atoms with E-state index in [1.165, 1.54) is 12.6 Å². The van der Waals surface area contributed by atoms with Crippen molar-refractivity contribution in [1.82, 2.24) is 19.4 Å². The molecule has 0 spiro atoms. The third kappa shape index (κ3) is 3.80. The summed E-state index contributed by atoms with van der Waals surface area (Å²) in [6.45, 7) is 2.70. The van der Waals surface area contributed by atoms with Gasteiger partial charge in [-0.15, -0.1) is 0 Å². The number of hydrogen-bond acceptors (Lipinski definition) is 4. The van der Waals surface area contributed by atoms with Gasteiger partial charge in [-0.1, -0.05) is 19.3 Å². The van der Waals surface area contributed by atoms with Gasteiger partial charge in [-0.25, -0.2) is 8.42 Å². The van der Waals surface area contributed by atoms with Crippen molar-refractivity contribution in [1.29, 1.82) is 0 Å². The zero-order valence-corrected chi connectivity index (χ0v) is 12.9. The van der Waals surface area contributed by atoms with Crippen LogP contribution in [0, 0.1) is 0 Å². The summed E-state index contributed by atoms with van der Waals surface area (Å²) < 4.78 is 28.5. The third-order valence-electron chi connectivity index (χ3n) is 3.65. The van der Waals surface area contributed by atoms with Crippen LogP contribution < -0.4 is 5.32 Å². The monoisotopic (exact) mass is 300 g/mol. The van der Waals surface area contributed by atoms with Crippen LogP contribution in [0.1, 0.15) is 32.1 Å². The topological polar surface area (TPSA) is 67.2 Å². The van der Waals surface area contributed by atoms with E-state index in [9.17, 15) is 8.42 Å². The van der Waals surface area contributed by atoms with Crippen LogP contribution >= 0.6 is 0 Å². The Balaban J connectivity index is 2.09. The van der Waals surface area contributed by atoms with Crippen LogP contribution in [-0.2, 0) is 16.6 Å². The molecular formula is C13H24N4O2S. The minimum absolute atomic E-state index is 0.314. The largest absolute Gasteiger partial charge is 0.318 e. The zero-order chi connectivity index (χ0) is 14.4. The van der Waals surface area contributed by atoms with Gasteiger partial charge in [0.1, 0.15) is 4.90 Å². The van der Waals surface area contributed by atoms with Gasteiger partial charge >= 0.3 is 0 Å². The normalized spacial score (nSPS) is 18.6. The summed E-state index contributed by atoms with van der Waals surface area (Å²) in [6, 6.07) is 0. The van der Waals surface area contributed by atoms with Gasteiger partial charge < -0.3 is 5.32 Å². The van der Waals surface area contributed by atoms with Crippen LogP contribution in [0.5, 0.6) is 0 Å². The van der Waals surface area contributed by atoms with Crippen molar-refractivity contribution in [2.75, 3.05) is 26.7 Å². The highest BCUT2D eigenvalue weighted by molar-refractivity contribution is 7.89. The molecule has 7 heteroatoms. The molecule has 0 aliphatic carbocycles. The summed E-state index contributed by atoms with van der Waals surface area (Å²) >= 11 is 0. The molecule has 1 aliphatic heterocycles. The molecule has 0 atom stereocenters. The van der Waals surface area contributed by atoms with E-state index in [0.29, 0.717) is 24.5 Å². The fraction of sp³-hybridized carbons (Fsp3) is 0.769. The van der Waals surface area contributed by atoms with E-state index < -0.39 is 10.0 Å². The second-order valence-corrected chi connectivity index (χ2v) is 7.15. The summed E-state index contributed by atoms with van der Waals surface area (Å²) in [7, 11) is -1.51. The Labute approximate surface area is 121 Å². The summed E-state index contributed by atoms with van der Waals surface area (Å²) in [4.78, 5) is 0.314. The van der Waals surface area contributed by atoms with Gasteiger partial charge in [-0.2, -0.15) is 9.40 Å². The number of likely N-dealkylation sites (N-methyl/N-ethyl adjacent to an activating group) is 1. The first kappa shape index (κ1) is 15.5. The first-order valence-corrected chi connectivity index (χ1v) is 8.76. The quantitative estimate of drug-likeness (QED) is 0.883. The van der Waals surface area contributed by atoms with Crippen LogP contribution in [0.25, 0.3) is 0 Å². The smallest absolute Gasteiger partial charge is 0.246 e. The first-order chi connectivity index (χ1) is 9.64. The van der Waals surface area contributed by atoms with Crippen LogP contribution in [0.3, 0.4) is 0 Å². The molecule has 1 saturated heterocycles. The van der Waals surface area contributed by atoms with E-state index in [-0.39, 0.29) is 0 Å². The van der Waals surface area contributed by atoms with Crippen LogP contribution in [0.15, 0.2) is 17.3 Å². The van der Waals surface area contributed by atoms with Crippen molar-refractivity contribution >= 4 is 10.0 Å². The molecule has 114 valence electrons. The predicted octanol–water partition coefficient (Wildman–Crippen LogP) is 1.06. The van der Waals surface area contributed by atoms with E-state index in [1.807, 2.05) is 7.05 Å². The molecule has 0 radical (unpaired) electrons. The average Bonchev–Trinajstić information content (AvgIpc) is 2.84. The second kappa shape index (κ2) is 7.19. The molecule has 20 heavy (non-hydrogen) atoms. The van der Waals surface area contributed by atoms with Crippen molar-refractivity contribution in [2.24, 2.45) is 0 Å². The summed E-state index contributed by atoms with van der Waals surface area (Å²) in [5.41, 5.74) is 0. The lowest BCUT2D eigenvalue weighted by atomic mass is 10.1. The van der Waals surface area contributed by atoms with E-state index in [2.05, 4.69) is 10.4 Å². The maximum Gasteiger partial charge on any atom is 0.246 e. The second-order valence-electron chi connectivity index (χ2n) is 5.21. The molecule has 1 aliphatic rings. The summed E-state index contributed by atoms with van der Waals surface area (Å²) in [6.07, 6.45) is 8.45. The molecule has 1 aromatic rings. The molecular weight excluding hydrogens is 276 g/mol. The third-order valence-corrected chi connectivity index (χ3v) is 5.50. The van der Waals surface area contributed by atoms with Gasteiger partial charge in [0, 0.05) is 25.8 Å². The number of sulfonamides is 1. The Morgan fingerprint density at radius 1 is 1.20 bits per heavy atom. The van der Waals surface area contributed by atoms with Crippen molar-refractivity contribution in [3.8, 4) is 0 Å². The summed E-state index contributed by atoms with van der Waals surface area (Å²) in [5, 5.41) is 7.15. The SMILES string of the molecule is CNCCn1cc(S(=O)(=O)N2CCCCCCC2)cn1. The molecule has 0 saturated carbocycles. The molecule has 1 N–H and O–H groups in total. The molecule has 0 bridgehead atoms. The van der Waals surface area contributed by atoms with Crippen molar-refractivity contribution in [3.63, 3.8) is 0 Å². The maximum absolute atomic E-state index is 12.6. The number of nitrogens with zero attached hydrogens (tertiary/aromatic N) is 3. The Kier molecular flexibility index (Phi) is 5.56. The molecule has 0 amide bonds. The molecule has 0 aromatic carbocycles. The van der Waals surface area contributed by atoms with E-state index >= 15 is 0 Å². The molecule has 6 nitrogen and oxygen atoms in total. The average molecular weight is 300 g/mol. The standard InChI is InChI=1S/C13H24N4O2S/c1-14-7-10-16-12-13(11-15-16)20(18,19)17-8-5-3-2-4-6-9-17/h11-12,14H,2-10H2,1H3. The fourth-order valence-corrected chi connectivity index (χ4v) is 3.91. The highest BCUT2D eigenvalue weighted by Gasteiger charge is 2.25. The van der Waals surface area contributed by atoms with Crippen molar-refractivity contribution in [3.05, 3.63) is 12.4 Å². The lowest BCUT2D eigenvalue weighted by Gasteiger charge is -2.23. The maximum atomic E-state index is 12.6. The molecule has 1 aromatic heterocycles. The summed E-state index contributed by atoms with van der Waals surface area (Å²) in [5.74, 6) is 0. The minimum Gasteiger partial charge on any atom is -0.318 e. The van der Waals surface area contributed by atoms with E-state index in [0.717, 1.165) is 32.2 Å². The highest BCUT2D eigenvalue weighted by Crippen LogP contribution is 2.19. The number of aromatic nitrogens is 2. The van der Waals surface area contributed by atoms with Crippen LogP contribution in [0.2, 0.25) is 0 Å². The van der Waals surface area contributed by atoms with Crippen molar-refractivity contribution < 1.29 is 8.42 Å². The van der Waals surface area contributed by atoms with E-state index in [1.54, 1.807) is 15.2 Å². The van der Waals surface area contributed by atoms with Crippen LogP contribution in [0.4, 0.5) is 0 Å². The number of hydrogen-bond donors (Lipinski definition) is 1. The highest BCUT2D eigenvalue weighted by atomic mass is 32.2. The Bertz CT molecular complexity index is 504. The van der Waals surface area contributed by atoms with Crippen molar-refractivity contribution in [2.45, 2.75) is 43.5 Å². The Hall–Kier alpha value is -0.920. The molecule has 2 rings (SSSR count). The predicted molar refractivity (Wildman–Crippen MR) is 78.0 cm³/mol. The number of nitrogens with one attached hydrogen (secondary N) is 1. The first-order valence-electron chi connectivity index (χ1n) is 7.32. The van der Waals surface area contributed by atoms with E-state index in [4.69, 9.17) is 0 Å². The Morgan fingerprint density at radius 2 is 1.85 bits per heavy atom. The van der Waals surface area contributed by atoms with Gasteiger partial charge in [0.25, 0.3) is 0 Å². The number of rotatable bonds is 5.